The van der Waals surface area contributed by atoms with Gasteiger partial charge < -0.3 is 15.3 Å². The number of carbonyl (C=O) groups excluding carboxylic acids is 2. The molecule has 2 aromatic carbocycles. The van der Waals surface area contributed by atoms with Crippen LogP contribution in [0.15, 0.2) is 36.4 Å². The van der Waals surface area contributed by atoms with Gasteiger partial charge in [0.15, 0.2) is 0 Å². The number of β-amino-alcohol motifs (C(OH)–C–C–N with tert-alkyl or cyclic N) is 1. The van der Waals surface area contributed by atoms with Crippen molar-refractivity contribution in [2.45, 2.75) is 31.4 Å². The minimum absolute atomic E-state index is 0.0622. The molecule has 0 aliphatic carbocycles. The zero-order valence-corrected chi connectivity index (χ0v) is 17.8. The fourth-order valence-electron chi connectivity index (χ4n) is 4.39. The normalized spacial score (nSPS) is 18.7. The van der Waals surface area contributed by atoms with Crippen LogP contribution < -0.4 is 5.32 Å². The van der Waals surface area contributed by atoms with Crippen molar-refractivity contribution >= 4 is 17.5 Å². The molecule has 8 heteroatoms. The summed E-state index contributed by atoms with van der Waals surface area (Å²) < 4.78 is 14.2. The molecule has 7 nitrogen and oxygen atoms in total. The molecular weight excluding hydrogens is 411 g/mol. The first-order chi connectivity index (χ1) is 15.3. The molecule has 0 aromatic heterocycles. The maximum absolute atomic E-state index is 14.2. The summed E-state index contributed by atoms with van der Waals surface area (Å²) in [6.07, 6.45) is 0.700. The Morgan fingerprint density at radius 3 is 2.91 bits per heavy atom. The monoisotopic (exact) mass is 436 g/mol. The van der Waals surface area contributed by atoms with E-state index in [-0.39, 0.29) is 23.8 Å². The maximum atomic E-state index is 14.2. The number of hydrogen-bond acceptors (Lipinski definition) is 5. The van der Waals surface area contributed by atoms with Crippen LogP contribution in [0.5, 0.6) is 0 Å². The number of nitriles is 1. The summed E-state index contributed by atoms with van der Waals surface area (Å²) in [6.45, 7) is 1.60. The number of amides is 2. The molecule has 32 heavy (non-hydrogen) atoms. The number of fused-ring (bicyclic) bond motifs is 1. The molecule has 2 aliphatic heterocycles. The van der Waals surface area contributed by atoms with E-state index in [2.05, 4.69) is 5.32 Å². The van der Waals surface area contributed by atoms with Gasteiger partial charge in [-0.1, -0.05) is 12.1 Å². The summed E-state index contributed by atoms with van der Waals surface area (Å²) in [5, 5.41) is 21.9. The van der Waals surface area contributed by atoms with Gasteiger partial charge in [-0.05, 0) is 47.4 Å². The fourth-order valence-corrected chi connectivity index (χ4v) is 4.39. The van der Waals surface area contributed by atoms with Gasteiger partial charge in [0.1, 0.15) is 5.82 Å². The lowest BCUT2D eigenvalue weighted by Crippen LogP contribution is -2.39. The molecule has 2 aliphatic rings. The Balaban J connectivity index is 1.56. The highest BCUT2D eigenvalue weighted by Gasteiger charge is 2.29. The quantitative estimate of drug-likeness (QED) is 0.722. The number of nitrogens with zero attached hydrogens (tertiary/aromatic N) is 3. The summed E-state index contributed by atoms with van der Waals surface area (Å²) in [6, 6.07) is 11.1. The smallest absolute Gasteiger partial charge is 0.228 e. The third kappa shape index (κ3) is 4.79. The molecule has 0 radical (unpaired) electrons. The Hall–Kier alpha value is -3.28. The summed E-state index contributed by atoms with van der Waals surface area (Å²) in [7, 11) is 1.67. The van der Waals surface area contributed by atoms with Crippen molar-refractivity contribution < 1.29 is 19.1 Å². The summed E-state index contributed by atoms with van der Waals surface area (Å²) >= 11 is 0. The maximum Gasteiger partial charge on any atom is 0.228 e. The van der Waals surface area contributed by atoms with Gasteiger partial charge in [0, 0.05) is 32.4 Å². The Bertz CT molecular complexity index is 1100. The summed E-state index contributed by atoms with van der Waals surface area (Å²) in [4.78, 5) is 28.4. The molecule has 2 heterocycles. The number of aliphatic hydroxyl groups excluding tert-OH is 1. The first-order valence-electron chi connectivity index (χ1n) is 10.6. The number of anilines is 1. The number of hydrogen-bond donors (Lipinski definition) is 2. The molecule has 0 bridgehead atoms. The second-order valence-electron chi connectivity index (χ2n) is 8.50. The SMILES string of the molecule is CN(C(=O)Cc1ccc2c(c1)NC(=O)C2)C(CN1CC[C@@H](O)C1)c1cc(F)cc(C#N)c1. The van der Waals surface area contributed by atoms with Gasteiger partial charge in [-0.25, -0.2) is 4.39 Å². The standard InChI is InChI=1S/C24H25FN4O3/c1-28(24(32)9-15-2-3-17-11-23(31)27-21(17)8-15)22(14-29-5-4-20(30)13-29)18-6-16(12-26)7-19(25)10-18/h2-3,6-8,10,20,22,30H,4-5,9,11,13-14H2,1H3,(H,27,31)/t20-,22?/m1/s1. The van der Waals surface area contributed by atoms with Gasteiger partial charge in [-0.3, -0.25) is 14.5 Å². The predicted molar refractivity (Wildman–Crippen MR) is 116 cm³/mol. The number of aliphatic hydroxyl groups is 1. The first kappa shape index (κ1) is 21.9. The Kier molecular flexibility index (Phi) is 6.21. The Labute approximate surface area is 186 Å². The third-order valence-corrected chi connectivity index (χ3v) is 6.13. The van der Waals surface area contributed by atoms with Crippen LogP contribution in [-0.2, 0) is 22.4 Å². The van der Waals surface area contributed by atoms with E-state index >= 15 is 0 Å². The van der Waals surface area contributed by atoms with Gasteiger partial charge >= 0.3 is 0 Å². The van der Waals surface area contributed by atoms with Crippen LogP contribution >= 0.6 is 0 Å². The largest absolute Gasteiger partial charge is 0.392 e. The topological polar surface area (TPSA) is 96.7 Å². The zero-order chi connectivity index (χ0) is 22.8. The lowest BCUT2D eigenvalue weighted by atomic mass is 10.0. The van der Waals surface area contributed by atoms with Crippen molar-refractivity contribution in [2.24, 2.45) is 0 Å². The number of benzene rings is 2. The van der Waals surface area contributed by atoms with Gasteiger partial charge in [0.25, 0.3) is 0 Å². The molecule has 4 rings (SSSR count). The van der Waals surface area contributed by atoms with Crippen molar-refractivity contribution in [2.75, 3.05) is 32.0 Å². The molecule has 2 N–H and O–H groups in total. The van der Waals surface area contributed by atoms with Crippen LogP contribution in [0.1, 0.15) is 34.7 Å². The number of rotatable bonds is 6. The van der Waals surface area contributed by atoms with Crippen molar-refractivity contribution in [1.29, 1.82) is 5.26 Å². The minimum atomic E-state index is -0.527. The Morgan fingerprint density at radius 2 is 2.19 bits per heavy atom. The molecule has 1 fully saturated rings. The molecule has 0 spiro atoms. The van der Waals surface area contributed by atoms with Gasteiger partial charge in [-0.15, -0.1) is 0 Å². The predicted octanol–water partition coefficient (Wildman–Crippen LogP) is 2.00. The molecule has 2 aromatic rings. The van der Waals surface area contributed by atoms with Crippen LogP contribution in [0.25, 0.3) is 0 Å². The van der Waals surface area contributed by atoms with Gasteiger partial charge in [-0.2, -0.15) is 5.26 Å². The second kappa shape index (κ2) is 9.07. The second-order valence-corrected chi connectivity index (χ2v) is 8.50. The average Bonchev–Trinajstić information content (AvgIpc) is 3.34. The Morgan fingerprint density at radius 1 is 1.38 bits per heavy atom. The lowest BCUT2D eigenvalue weighted by molar-refractivity contribution is -0.131. The van der Waals surface area contributed by atoms with E-state index in [1.807, 2.05) is 29.2 Å². The molecule has 1 unspecified atom stereocenters. The number of nitrogens with one attached hydrogen (secondary N) is 1. The summed E-state index contributed by atoms with van der Waals surface area (Å²) in [5.74, 6) is -0.754. The van der Waals surface area contributed by atoms with Crippen LogP contribution in [0.3, 0.4) is 0 Å². The van der Waals surface area contributed by atoms with Crippen LogP contribution in [0.4, 0.5) is 10.1 Å². The van der Waals surface area contributed by atoms with E-state index in [1.54, 1.807) is 18.0 Å². The number of likely N-dealkylation sites (N-methyl/N-ethyl adjacent to an activating group) is 1. The molecule has 1 saturated heterocycles. The first-order valence-corrected chi connectivity index (χ1v) is 10.6. The van der Waals surface area contributed by atoms with E-state index in [0.717, 1.165) is 16.8 Å². The van der Waals surface area contributed by atoms with E-state index in [9.17, 15) is 24.3 Å². The average molecular weight is 436 g/mol. The summed E-state index contributed by atoms with van der Waals surface area (Å²) in [5.41, 5.74) is 3.15. The number of carbonyl (C=O) groups is 2. The third-order valence-electron chi connectivity index (χ3n) is 6.13. The van der Waals surface area contributed by atoms with Gasteiger partial charge in [0.2, 0.25) is 11.8 Å². The van der Waals surface area contributed by atoms with E-state index in [1.165, 1.54) is 12.1 Å². The highest BCUT2D eigenvalue weighted by atomic mass is 19.1. The van der Waals surface area contributed by atoms with E-state index in [0.29, 0.717) is 38.0 Å². The molecule has 166 valence electrons. The highest BCUT2D eigenvalue weighted by Crippen LogP contribution is 2.27. The zero-order valence-electron chi connectivity index (χ0n) is 17.8. The number of likely N-dealkylation sites (tertiary alicyclic amines) is 1. The minimum Gasteiger partial charge on any atom is -0.392 e. The van der Waals surface area contributed by atoms with Crippen LogP contribution in [0, 0.1) is 17.1 Å². The molecule has 0 saturated carbocycles. The van der Waals surface area contributed by atoms with Crippen molar-refractivity contribution in [3.05, 3.63) is 64.5 Å². The molecule has 2 atom stereocenters. The van der Waals surface area contributed by atoms with Crippen LogP contribution in [-0.4, -0.2) is 59.5 Å². The lowest BCUT2D eigenvalue weighted by Gasteiger charge is -2.32. The van der Waals surface area contributed by atoms with Crippen molar-refractivity contribution in [1.82, 2.24) is 9.80 Å². The molecule has 2 amide bonds. The van der Waals surface area contributed by atoms with Crippen LogP contribution in [0.2, 0.25) is 0 Å². The van der Waals surface area contributed by atoms with E-state index < -0.39 is 18.0 Å². The van der Waals surface area contributed by atoms with Gasteiger partial charge in [0.05, 0.1) is 36.6 Å². The van der Waals surface area contributed by atoms with Crippen molar-refractivity contribution in [3.63, 3.8) is 0 Å². The molecular formula is C24H25FN4O3. The number of halogens is 1. The highest BCUT2D eigenvalue weighted by molar-refractivity contribution is 5.99. The van der Waals surface area contributed by atoms with E-state index in [4.69, 9.17) is 0 Å². The van der Waals surface area contributed by atoms with Crippen molar-refractivity contribution in [3.8, 4) is 6.07 Å². The fraction of sp³-hybridized carbons (Fsp3) is 0.375.